The number of hydrogen-bond acceptors (Lipinski definition) is 4. The summed E-state index contributed by atoms with van der Waals surface area (Å²) in [6, 6.07) is 0. The quantitative estimate of drug-likeness (QED) is 0.739. The SMILES string of the molecule is O=C(O)CCCCc1cn(CC2CCCCNC2)nn1. The maximum atomic E-state index is 10.4. The van der Waals surface area contributed by atoms with Crippen LogP contribution in [0.15, 0.2) is 6.20 Å². The minimum Gasteiger partial charge on any atom is -0.481 e. The van der Waals surface area contributed by atoms with E-state index in [2.05, 4.69) is 15.6 Å². The summed E-state index contributed by atoms with van der Waals surface area (Å²) in [7, 11) is 0. The second-order valence-corrected chi connectivity index (χ2v) is 5.60. The van der Waals surface area contributed by atoms with Gasteiger partial charge in [-0.1, -0.05) is 11.6 Å². The van der Waals surface area contributed by atoms with Gasteiger partial charge in [0.05, 0.1) is 5.69 Å². The zero-order valence-corrected chi connectivity index (χ0v) is 11.9. The summed E-state index contributed by atoms with van der Waals surface area (Å²) >= 11 is 0. The van der Waals surface area contributed by atoms with Crippen molar-refractivity contribution in [2.75, 3.05) is 13.1 Å². The summed E-state index contributed by atoms with van der Waals surface area (Å²) in [6.07, 6.45) is 8.42. The zero-order valence-electron chi connectivity index (χ0n) is 11.9. The van der Waals surface area contributed by atoms with Gasteiger partial charge < -0.3 is 10.4 Å². The van der Waals surface area contributed by atoms with Gasteiger partial charge in [0.2, 0.25) is 0 Å². The molecule has 112 valence electrons. The third-order valence-electron chi connectivity index (χ3n) is 3.75. The maximum Gasteiger partial charge on any atom is 0.303 e. The predicted octanol–water partition coefficient (Wildman–Crippen LogP) is 1.47. The van der Waals surface area contributed by atoms with E-state index in [1.165, 1.54) is 19.3 Å². The molecule has 1 aromatic heterocycles. The van der Waals surface area contributed by atoms with Gasteiger partial charge in [0.15, 0.2) is 0 Å². The van der Waals surface area contributed by atoms with Crippen molar-refractivity contribution < 1.29 is 9.90 Å². The lowest BCUT2D eigenvalue weighted by Gasteiger charge is -2.13. The summed E-state index contributed by atoms with van der Waals surface area (Å²) in [4.78, 5) is 10.4. The van der Waals surface area contributed by atoms with Gasteiger partial charge in [-0.3, -0.25) is 9.48 Å². The molecule has 2 heterocycles. The molecule has 0 radical (unpaired) electrons. The summed E-state index contributed by atoms with van der Waals surface area (Å²) in [6.45, 7) is 3.12. The van der Waals surface area contributed by atoms with Gasteiger partial charge in [0, 0.05) is 19.2 Å². The lowest BCUT2D eigenvalue weighted by atomic mass is 10.0. The summed E-state index contributed by atoms with van der Waals surface area (Å²) in [5.74, 6) is -0.0893. The number of carboxylic acids is 1. The summed E-state index contributed by atoms with van der Waals surface area (Å²) < 4.78 is 1.93. The van der Waals surface area contributed by atoms with E-state index in [1.807, 2.05) is 10.9 Å². The molecule has 6 heteroatoms. The maximum absolute atomic E-state index is 10.4. The number of aryl methyl sites for hydroxylation is 1. The lowest BCUT2D eigenvalue weighted by molar-refractivity contribution is -0.137. The second-order valence-electron chi connectivity index (χ2n) is 5.60. The predicted molar refractivity (Wildman–Crippen MR) is 75.4 cm³/mol. The smallest absolute Gasteiger partial charge is 0.303 e. The van der Waals surface area contributed by atoms with Gasteiger partial charge in [-0.25, -0.2) is 0 Å². The molecule has 0 aromatic carbocycles. The molecule has 1 aliphatic heterocycles. The minimum atomic E-state index is -0.727. The van der Waals surface area contributed by atoms with Crippen molar-refractivity contribution in [1.82, 2.24) is 20.3 Å². The van der Waals surface area contributed by atoms with Crippen LogP contribution in [0.25, 0.3) is 0 Å². The molecule has 6 nitrogen and oxygen atoms in total. The average molecular weight is 280 g/mol. The standard InChI is InChI=1S/C14H24N4O2/c19-14(20)7-2-1-6-13-11-18(17-16-13)10-12-5-3-4-8-15-9-12/h11-12,15H,1-10H2,(H,19,20). The summed E-state index contributed by atoms with van der Waals surface area (Å²) in [5, 5.41) is 20.4. The second kappa shape index (κ2) is 7.99. The third kappa shape index (κ3) is 5.28. The highest BCUT2D eigenvalue weighted by atomic mass is 16.4. The van der Waals surface area contributed by atoms with Crippen LogP contribution in [-0.4, -0.2) is 39.2 Å². The minimum absolute atomic E-state index is 0.238. The first-order valence-corrected chi connectivity index (χ1v) is 7.55. The molecule has 1 saturated heterocycles. The van der Waals surface area contributed by atoms with Crippen LogP contribution in [-0.2, 0) is 17.8 Å². The van der Waals surface area contributed by atoms with E-state index in [0.29, 0.717) is 12.3 Å². The number of aromatic nitrogens is 3. The van der Waals surface area contributed by atoms with E-state index in [9.17, 15) is 4.79 Å². The van der Waals surface area contributed by atoms with Crippen LogP contribution in [0.5, 0.6) is 0 Å². The van der Waals surface area contributed by atoms with Crippen molar-refractivity contribution in [3.63, 3.8) is 0 Å². The van der Waals surface area contributed by atoms with Crippen LogP contribution in [0.2, 0.25) is 0 Å². The molecule has 0 amide bonds. The first-order valence-electron chi connectivity index (χ1n) is 7.55. The Labute approximate surface area is 119 Å². The number of carbonyl (C=O) groups is 1. The molecule has 20 heavy (non-hydrogen) atoms. The van der Waals surface area contributed by atoms with Crippen molar-refractivity contribution in [1.29, 1.82) is 0 Å². The number of hydrogen-bond donors (Lipinski definition) is 2. The van der Waals surface area contributed by atoms with Crippen molar-refractivity contribution in [3.8, 4) is 0 Å². The first kappa shape index (κ1) is 15.0. The van der Waals surface area contributed by atoms with Crippen LogP contribution in [0.4, 0.5) is 0 Å². The van der Waals surface area contributed by atoms with Gasteiger partial charge in [-0.2, -0.15) is 0 Å². The number of nitrogens with one attached hydrogen (secondary N) is 1. The van der Waals surface area contributed by atoms with Gasteiger partial charge in [-0.05, 0) is 51.1 Å². The highest BCUT2D eigenvalue weighted by molar-refractivity contribution is 5.66. The van der Waals surface area contributed by atoms with Crippen LogP contribution in [0.1, 0.15) is 44.2 Å². The molecule has 0 spiro atoms. The molecular weight excluding hydrogens is 256 g/mol. The number of aliphatic carboxylic acids is 1. The van der Waals surface area contributed by atoms with E-state index < -0.39 is 5.97 Å². The molecule has 0 saturated carbocycles. The average Bonchev–Trinajstić information content (AvgIpc) is 2.69. The highest BCUT2D eigenvalue weighted by Crippen LogP contribution is 2.13. The molecule has 0 aliphatic carbocycles. The van der Waals surface area contributed by atoms with E-state index in [-0.39, 0.29) is 6.42 Å². The van der Waals surface area contributed by atoms with Crippen molar-refractivity contribution in [2.24, 2.45) is 5.92 Å². The van der Waals surface area contributed by atoms with Crippen LogP contribution < -0.4 is 5.32 Å². The lowest BCUT2D eigenvalue weighted by Crippen LogP contribution is -2.24. The number of nitrogens with zero attached hydrogens (tertiary/aromatic N) is 3. The number of unbranched alkanes of at least 4 members (excludes halogenated alkanes) is 1. The molecule has 2 N–H and O–H groups in total. The Bertz CT molecular complexity index is 411. The molecule has 2 rings (SSSR count). The molecule has 1 aromatic rings. The zero-order chi connectivity index (χ0) is 14.2. The van der Waals surface area contributed by atoms with Gasteiger partial charge in [0.25, 0.3) is 0 Å². The normalized spacial score (nSPS) is 19.7. The van der Waals surface area contributed by atoms with Gasteiger partial charge >= 0.3 is 5.97 Å². The Morgan fingerprint density at radius 2 is 2.35 bits per heavy atom. The van der Waals surface area contributed by atoms with E-state index >= 15 is 0 Å². The van der Waals surface area contributed by atoms with Crippen LogP contribution in [0.3, 0.4) is 0 Å². The topological polar surface area (TPSA) is 80.0 Å². The largest absolute Gasteiger partial charge is 0.481 e. The molecule has 1 aliphatic rings. The fourth-order valence-electron chi connectivity index (χ4n) is 2.64. The van der Waals surface area contributed by atoms with E-state index in [4.69, 9.17) is 5.11 Å². The molecular formula is C14H24N4O2. The van der Waals surface area contributed by atoms with Crippen LogP contribution >= 0.6 is 0 Å². The Morgan fingerprint density at radius 1 is 1.45 bits per heavy atom. The first-order chi connectivity index (χ1) is 9.74. The highest BCUT2D eigenvalue weighted by Gasteiger charge is 2.13. The molecule has 1 unspecified atom stereocenters. The Balaban J connectivity index is 1.72. The monoisotopic (exact) mass is 280 g/mol. The van der Waals surface area contributed by atoms with Gasteiger partial charge in [0.1, 0.15) is 0 Å². The van der Waals surface area contributed by atoms with Crippen molar-refractivity contribution in [2.45, 2.75) is 51.5 Å². The molecule has 1 fully saturated rings. The van der Waals surface area contributed by atoms with Crippen molar-refractivity contribution >= 4 is 5.97 Å². The fourth-order valence-corrected chi connectivity index (χ4v) is 2.64. The number of carboxylic acid groups (broad SMARTS) is 1. The van der Waals surface area contributed by atoms with Crippen LogP contribution in [0, 0.1) is 5.92 Å². The third-order valence-corrected chi connectivity index (χ3v) is 3.75. The van der Waals surface area contributed by atoms with E-state index in [1.54, 1.807) is 0 Å². The molecule has 1 atom stereocenters. The fraction of sp³-hybridized carbons (Fsp3) is 0.786. The molecule has 0 bridgehead atoms. The Hall–Kier alpha value is -1.43. The Morgan fingerprint density at radius 3 is 3.20 bits per heavy atom. The van der Waals surface area contributed by atoms with E-state index in [0.717, 1.165) is 38.2 Å². The van der Waals surface area contributed by atoms with Gasteiger partial charge in [-0.15, -0.1) is 5.10 Å². The summed E-state index contributed by atoms with van der Waals surface area (Å²) in [5.41, 5.74) is 0.969. The number of rotatable bonds is 7. The van der Waals surface area contributed by atoms with Crippen molar-refractivity contribution in [3.05, 3.63) is 11.9 Å². The Kier molecular flexibility index (Phi) is 5.98.